The zero-order chi connectivity index (χ0) is 10.1. The molecule has 0 amide bonds. The molecular formula is C11H19N3. The number of hydrogen-bond acceptors (Lipinski definition) is 2. The van der Waals surface area contributed by atoms with E-state index in [9.17, 15) is 0 Å². The van der Waals surface area contributed by atoms with Crippen LogP contribution in [0.15, 0.2) is 6.07 Å². The summed E-state index contributed by atoms with van der Waals surface area (Å²) in [6.07, 6.45) is 5.11. The summed E-state index contributed by atoms with van der Waals surface area (Å²) in [4.78, 5) is 0. The molecule has 1 aliphatic carbocycles. The minimum Gasteiger partial charge on any atom is -0.384 e. The maximum atomic E-state index is 5.91. The first-order valence-corrected chi connectivity index (χ1v) is 5.52. The van der Waals surface area contributed by atoms with Gasteiger partial charge in [0.25, 0.3) is 0 Å². The lowest BCUT2D eigenvalue weighted by atomic mass is 10.1. The van der Waals surface area contributed by atoms with E-state index in [-0.39, 0.29) is 0 Å². The Bertz CT molecular complexity index is 316. The van der Waals surface area contributed by atoms with Crippen LogP contribution in [-0.4, -0.2) is 9.78 Å². The van der Waals surface area contributed by atoms with Crippen molar-refractivity contribution in [2.24, 2.45) is 5.92 Å². The summed E-state index contributed by atoms with van der Waals surface area (Å²) < 4.78 is 2.02. The molecule has 14 heavy (non-hydrogen) atoms. The SMILES string of the molecule is CCC1CCC(n2nc(C)cc2N)C1. The van der Waals surface area contributed by atoms with Crippen LogP contribution in [0.4, 0.5) is 5.82 Å². The number of rotatable bonds is 2. The van der Waals surface area contributed by atoms with Crippen molar-refractivity contribution in [2.75, 3.05) is 5.73 Å². The van der Waals surface area contributed by atoms with Gasteiger partial charge in [0, 0.05) is 6.07 Å². The molecule has 1 fully saturated rings. The number of nitrogen functional groups attached to an aromatic ring is 1. The summed E-state index contributed by atoms with van der Waals surface area (Å²) in [5, 5.41) is 4.45. The van der Waals surface area contributed by atoms with Crippen LogP contribution in [-0.2, 0) is 0 Å². The van der Waals surface area contributed by atoms with E-state index in [1.54, 1.807) is 0 Å². The molecule has 1 saturated carbocycles. The number of aryl methyl sites for hydroxylation is 1. The molecule has 0 aliphatic heterocycles. The molecule has 2 unspecified atom stereocenters. The quantitative estimate of drug-likeness (QED) is 0.784. The number of nitrogens with zero attached hydrogens (tertiary/aromatic N) is 2. The van der Waals surface area contributed by atoms with E-state index in [4.69, 9.17) is 5.73 Å². The molecule has 2 atom stereocenters. The Morgan fingerprint density at radius 2 is 2.36 bits per heavy atom. The van der Waals surface area contributed by atoms with Crippen LogP contribution in [0, 0.1) is 12.8 Å². The van der Waals surface area contributed by atoms with Gasteiger partial charge in [-0.15, -0.1) is 0 Å². The summed E-state index contributed by atoms with van der Waals surface area (Å²) in [7, 11) is 0. The third-order valence-corrected chi connectivity index (χ3v) is 3.32. The van der Waals surface area contributed by atoms with Crippen LogP contribution in [0.25, 0.3) is 0 Å². The molecule has 1 aromatic rings. The summed E-state index contributed by atoms with van der Waals surface area (Å²) in [5.74, 6) is 1.70. The van der Waals surface area contributed by atoms with Gasteiger partial charge in [0.15, 0.2) is 0 Å². The summed E-state index contributed by atoms with van der Waals surface area (Å²) in [6.45, 7) is 4.27. The highest BCUT2D eigenvalue weighted by molar-refractivity contribution is 5.31. The van der Waals surface area contributed by atoms with Crippen molar-refractivity contribution in [3.8, 4) is 0 Å². The van der Waals surface area contributed by atoms with E-state index in [1.807, 2.05) is 17.7 Å². The number of hydrogen-bond donors (Lipinski definition) is 1. The van der Waals surface area contributed by atoms with Crippen molar-refractivity contribution in [3.05, 3.63) is 11.8 Å². The highest BCUT2D eigenvalue weighted by atomic mass is 15.3. The largest absolute Gasteiger partial charge is 0.384 e. The van der Waals surface area contributed by atoms with E-state index in [0.29, 0.717) is 6.04 Å². The Labute approximate surface area is 85.3 Å². The Morgan fingerprint density at radius 1 is 1.57 bits per heavy atom. The Balaban J connectivity index is 2.13. The number of anilines is 1. The van der Waals surface area contributed by atoms with E-state index in [0.717, 1.165) is 17.4 Å². The van der Waals surface area contributed by atoms with Crippen molar-refractivity contribution in [1.29, 1.82) is 0 Å². The van der Waals surface area contributed by atoms with Gasteiger partial charge in [-0.2, -0.15) is 5.10 Å². The van der Waals surface area contributed by atoms with Gasteiger partial charge in [0.05, 0.1) is 11.7 Å². The molecule has 1 aromatic heterocycles. The maximum Gasteiger partial charge on any atom is 0.122 e. The second-order valence-corrected chi connectivity index (χ2v) is 4.40. The third kappa shape index (κ3) is 1.63. The number of nitrogens with two attached hydrogens (primary N) is 1. The molecule has 2 N–H and O–H groups in total. The van der Waals surface area contributed by atoms with Crippen LogP contribution in [0.5, 0.6) is 0 Å². The zero-order valence-corrected chi connectivity index (χ0v) is 9.03. The molecular weight excluding hydrogens is 174 g/mol. The molecule has 3 heteroatoms. The molecule has 1 aliphatic rings. The molecule has 78 valence electrons. The summed E-state index contributed by atoms with van der Waals surface area (Å²) >= 11 is 0. The minimum atomic E-state index is 0.550. The molecule has 0 saturated heterocycles. The highest BCUT2D eigenvalue weighted by Crippen LogP contribution is 2.37. The normalized spacial score (nSPS) is 27.0. The van der Waals surface area contributed by atoms with Crippen LogP contribution < -0.4 is 5.73 Å². The van der Waals surface area contributed by atoms with Gasteiger partial charge < -0.3 is 5.73 Å². The van der Waals surface area contributed by atoms with Gasteiger partial charge in [0.1, 0.15) is 5.82 Å². The fourth-order valence-corrected chi connectivity index (χ4v) is 2.47. The summed E-state index contributed by atoms with van der Waals surface area (Å²) in [6, 6.07) is 2.51. The van der Waals surface area contributed by atoms with Crippen molar-refractivity contribution >= 4 is 5.82 Å². The minimum absolute atomic E-state index is 0.550. The predicted molar refractivity (Wildman–Crippen MR) is 58.0 cm³/mol. The lowest BCUT2D eigenvalue weighted by Crippen LogP contribution is -2.10. The second kappa shape index (κ2) is 3.64. The zero-order valence-electron chi connectivity index (χ0n) is 9.03. The smallest absolute Gasteiger partial charge is 0.122 e. The van der Waals surface area contributed by atoms with Gasteiger partial charge in [-0.25, -0.2) is 4.68 Å². The van der Waals surface area contributed by atoms with E-state index in [2.05, 4.69) is 12.0 Å². The molecule has 2 rings (SSSR count). The van der Waals surface area contributed by atoms with E-state index >= 15 is 0 Å². The van der Waals surface area contributed by atoms with Crippen molar-refractivity contribution < 1.29 is 0 Å². The molecule has 1 heterocycles. The van der Waals surface area contributed by atoms with Crippen LogP contribution in [0.3, 0.4) is 0 Å². The monoisotopic (exact) mass is 193 g/mol. The fraction of sp³-hybridized carbons (Fsp3) is 0.727. The van der Waals surface area contributed by atoms with Gasteiger partial charge in [-0.1, -0.05) is 13.3 Å². The fourth-order valence-electron chi connectivity index (χ4n) is 2.47. The van der Waals surface area contributed by atoms with Gasteiger partial charge in [-0.3, -0.25) is 0 Å². The molecule has 3 nitrogen and oxygen atoms in total. The van der Waals surface area contributed by atoms with Crippen molar-refractivity contribution in [2.45, 2.75) is 45.6 Å². The average Bonchev–Trinajstić information content (AvgIpc) is 2.71. The Hall–Kier alpha value is -0.990. The van der Waals surface area contributed by atoms with Crippen LogP contribution >= 0.6 is 0 Å². The second-order valence-electron chi connectivity index (χ2n) is 4.40. The molecule has 0 bridgehead atoms. The number of aromatic nitrogens is 2. The highest BCUT2D eigenvalue weighted by Gasteiger charge is 2.26. The molecule has 0 aromatic carbocycles. The lowest BCUT2D eigenvalue weighted by Gasteiger charge is -2.12. The Kier molecular flexibility index (Phi) is 2.48. The maximum absolute atomic E-state index is 5.91. The molecule has 0 spiro atoms. The first kappa shape index (κ1) is 9.56. The molecule has 0 radical (unpaired) electrons. The van der Waals surface area contributed by atoms with Crippen LogP contribution in [0.1, 0.15) is 44.3 Å². The Morgan fingerprint density at radius 3 is 2.86 bits per heavy atom. The van der Waals surface area contributed by atoms with Crippen molar-refractivity contribution in [1.82, 2.24) is 9.78 Å². The van der Waals surface area contributed by atoms with Crippen molar-refractivity contribution in [3.63, 3.8) is 0 Å². The van der Waals surface area contributed by atoms with Crippen LogP contribution in [0.2, 0.25) is 0 Å². The first-order chi connectivity index (χ1) is 6.70. The summed E-state index contributed by atoms with van der Waals surface area (Å²) in [5.41, 5.74) is 6.94. The van der Waals surface area contributed by atoms with E-state index < -0.39 is 0 Å². The average molecular weight is 193 g/mol. The van der Waals surface area contributed by atoms with Gasteiger partial charge in [0.2, 0.25) is 0 Å². The first-order valence-electron chi connectivity index (χ1n) is 5.52. The standard InChI is InChI=1S/C11H19N3/c1-3-9-4-5-10(7-9)14-11(12)6-8(2)13-14/h6,9-10H,3-5,7,12H2,1-2H3. The lowest BCUT2D eigenvalue weighted by molar-refractivity contribution is 0.439. The predicted octanol–water partition coefficient (Wildman–Crippen LogP) is 2.52. The topological polar surface area (TPSA) is 43.8 Å². The van der Waals surface area contributed by atoms with E-state index in [1.165, 1.54) is 25.7 Å². The third-order valence-electron chi connectivity index (χ3n) is 3.32. The van der Waals surface area contributed by atoms with Gasteiger partial charge >= 0.3 is 0 Å². The van der Waals surface area contributed by atoms with Gasteiger partial charge in [-0.05, 0) is 32.1 Å².